The molecule has 1 heterocycles. The van der Waals surface area contributed by atoms with Crippen LogP contribution in [-0.2, 0) is 11.3 Å². The topological polar surface area (TPSA) is 82.2 Å². The minimum absolute atomic E-state index is 0.267. The van der Waals surface area contributed by atoms with Gasteiger partial charge in [-0.25, -0.2) is 4.79 Å². The third kappa shape index (κ3) is 4.68. The lowest BCUT2D eigenvalue weighted by Crippen LogP contribution is -2.41. The van der Waals surface area contributed by atoms with E-state index in [-0.39, 0.29) is 12.1 Å². The van der Waals surface area contributed by atoms with Crippen LogP contribution in [-0.4, -0.2) is 28.0 Å². The van der Waals surface area contributed by atoms with E-state index in [0.717, 1.165) is 0 Å². The Labute approximate surface area is 94.8 Å². The second-order valence-corrected chi connectivity index (χ2v) is 4.51. The summed E-state index contributed by atoms with van der Waals surface area (Å²) >= 11 is 0. The number of amides is 1. The molecule has 0 atom stereocenters. The smallest absolute Gasteiger partial charge is 0.407 e. The molecule has 1 aromatic heterocycles. The zero-order valence-corrected chi connectivity index (χ0v) is 9.86. The molecule has 6 nitrogen and oxygen atoms in total. The van der Waals surface area contributed by atoms with Crippen LogP contribution >= 0.6 is 0 Å². The molecular formula is C10H18N4O2. The van der Waals surface area contributed by atoms with Gasteiger partial charge in [0.15, 0.2) is 0 Å². The first-order valence-corrected chi connectivity index (χ1v) is 5.11. The van der Waals surface area contributed by atoms with E-state index < -0.39 is 6.09 Å². The molecule has 0 fully saturated rings. The predicted molar refractivity (Wildman–Crippen MR) is 60.9 cm³/mol. The number of nitrogens with two attached hydrogens (primary N) is 1. The molecular weight excluding hydrogens is 208 g/mol. The Morgan fingerprint density at radius 1 is 1.62 bits per heavy atom. The normalized spacial score (nSPS) is 11.2. The molecule has 1 rings (SSSR count). The van der Waals surface area contributed by atoms with Crippen LogP contribution in [0.4, 0.5) is 10.6 Å². The molecule has 0 aliphatic rings. The van der Waals surface area contributed by atoms with Crippen molar-refractivity contribution in [1.82, 2.24) is 15.1 Å². The van der Waals surface area contributed by atoms with Gasteiger partial charge in [-0.1, -0.05) is 0 Å². The molecule has 0 saturated heterocycles. The van der Waals surface area contributed by atoms with Gasteiger partial charge in [-0.15, -0.1) is 0 Å². The molecule has 6 heteroatoms. The van der Waals surface area contributed by atoms with Crippen molar-refractivity contribution in [3.8, 4) is 0 Å². The van der Waals surface area contributed by atoms with Crippen LogP contribution in [0.1, 0.15) is 20.8 Å². The molecule has 3 N–H and O–H groups in total. The highest BCUT2D eigenvalue weighted by molar-refractivity contribution is 5.67. The summed E-state index contributed by atoms with van der Waals surface area (Å²) in [5, 5.41) is 6.66. The van der Waals surface area contributed by atoms with E-state index in [4.69, 9.17) is 10.5 Å². The van der Waals surface area contributed by atoms with E-state index in [1.807, 2.05) is 20.8 Å². The number of ether oxygens (including phenoxy) is 1. The Balaban J connectivity index is 2.23. The Hall–Kier alpha value is -1.72. The highest BCUT2D eigenvalue weighted by Gasteiger charge is 2.14. The van der Waals surface area contributed by atoms with Gasteiger partial charge in [-0.05, 0) is 26.8 Å². The lowest BCUT2D eigenvalue weighted by molar-refractivity contribution is 0.132. The molecule has 0 spiro atoms. The van der Waals surface area contributed by atoms with Gasteiger partial charge >= 0.3 is 6.09 Å². The second-order valence-electron chi connectivity index (χ2n) is 4.51. The van der Waals surface area contributed by atoms with Crippen LogP contribution in [0.15, 0.2) is 12.3 Å². The predicted octanol–water partition coefficient (Wildman–Crippen LogP) is 0.990. The lowest BCUT2D eigenvalue weighted by atomic mass is 10.1. The molecule has 1 aromatic rings. The van der Waals surface area contributed by atoms with Crippen LogP contribution in [0.3, 0.4) is 0 Å². The van der Waals surface area contributed by atoms with Crippen molar-refractivity contribution in [1.29, 1.82) is 0 Å². The Morgan fingerprint density at radius 2 is 2.31 bits per heavy atom. The number of carbonyl (C=O) groups excluding carboxylic acids is 1. The van der Waals surface area contributed by atoms with Gasteiger partial charge in [0.2, 0.25) is 0 Å². The summed E-state index contributed by atoms with van der Waals surface area (Å²) in [5.41, 5.74) is 5.16. The van der Waals surface area contributed by atoms with Crippen molar-refractivity contribution >= 4 is 11.9 Å². The third-order valence-electron chi connectivity index (χ3n) is 1.69. The molecule has 0 saturated carbocycles. The first kappa shape index (κ1) is 12.4. The summed E-state index contributed by atoms with van der Waals surface area (Å²) in [6.45, 7) is 6.44. The fourth-order valence-electron chi connectivity index (χ4n) is 1.08. The highest BCUT2D eigenvalue weighted by atomic mass is 16.5. The summed E-state index contributed by atoms with van der Waals surface area (Å²) in [5.74, 6) is 0.458. The van der Waals surface area contributed by atoms with E-state index >= 15 is 0 Å². The average molecular weight is 226 g/mol. The SMILES string of the molecule is CC(C)(C)NC(=O)OCCn1ccc(N)n1. The van der Waals surface area contributed by atoms with Gasteiger partial charge in [-0.2, -0.15) is 5.10 Å². The van der Waals surface area contributed by atoms with Gasteiger partial charge in [0.1, 0.15) is 12.4 Å². The first-order chi connectivity index (χ1) is 7.37. The largest absolute Gasteiger partial charge is 0.448 e. The Kier molecular flexibility index (Phi) is 3.76. The molecule has 0 aliphatic heterocycles. The van der Waals surface area contributed by atoms with Crippen molar-refractivity contribution in [3.05, 3.63) is 12.3 Å². The number of nitrogens with zero attached hydrogens (tertiary/aromatic N) is 2. The maximum Gasteiger partial charge on any atom is 0.407 e. The number of carbonyl (C=O) groups is 1. The number of aromatic nitrogens is 2. The van der Waals surface area contributed by atoms with Crippen LogP contribution < -0.4 is 11.1 Å². The minimum atomic E-state index is -0.423. The van der Waals surface area contributed by atoms with Gasteiger partial charge < -0.3 is 15.8 Å². The van der Waals surface area contributed by atoms with Crippen molar-refractivity contribution in [2.75, 3.05) is 12.3 Å². The molecule has 0 bridgehead atoms. The number of hydrogen-bond acceptors (Lipinski definition) is 4. The van der Waals surface area contributed by atoms with Crippen LogP contribution in [0.25, 0.3) is 0 Å². The van der Waals surface area contributed by atoms with E-state index in [2.05, 4.69) is 10.4 Å². The maximum absolute atomic E-state index is 11.3. The van der Waals surface area contributed by atoms with Crippen molar-refractivity contribution < 1.29 is 9.53 Å². The van der Waals surface area contributed by atoms with Crippen LogP contribution in [0, 0.1) is 0 Å². The molecule has 0 radical (unpaired) electrons. The number of hydrogen-bond donors (Lipinski definition) is 2. The first-order valence-electron chi connectivity index (χ1n) is 5.11. The van der Waals surface area contributed by atoms with Crippen molar-refractivity contribution in [3.63, 3.8) is 0 Å². The van der Waals surface area contributed by atoms with E-state index in [1.165, 1.54) is 0 Å². The van der Waals surface area contributed by atoms with Gasteiger partial charge in [0.05, 0.1) is 6.54 Å². The fourth-order valence-corrected chi connectivity index (χ4v) is 1.08. The standard InChI is InChI=1S/C10H18N4O2/c1-10(2,3)12-9(15)16-7-6-14-5-4-8(11)13-14/h4-5H,6-7H2,1-3H3,(H2,11,13)(H,12,15). The summed E-state index contributed by atoms with van der Waals surface area (Å²) in [6, 6.07) is 1.69. The van der Waals surface area contributed by atoms with Gasteiger partial charge in [0.25, 0.3) is 0 Å². The second kappa shape index (κ2) is 4.87. The molecule has 0 aliphatic carbocycles. The summed E-state index contributed by atoms with van der Waals surface area (Å²) in [4.78, 5) is 11.3. The quantitative estimate of drug-likeness (QED) is 0.805. The Morgan fingerprint density at radius 3 is 2.81 bits per heavy atom. The average Bonchev–Trinajstić information content (AvgIpc) is 2.48. The number of rotatable bonds is 3. The Bertz CT molecular complexity index is 354. The third-order valence-corrected chi connectivity index (χ3v) is 1.69. The molecule has 0 unspecified atom stereocenters. The van der Waals surface area contributed by atoms with E-state index in [1.54, 1.807) is 16.9 Å². The summed E-state index contributed by atoms with van der Waals surface area (Å²) in [7, 11) is 0. The number of nitrogens with one attached hydrogen (secondary N) is 1. The number of nitrogen functional groups attached to an aromatic ring is 1. The minimum Gasteiger partial charge on any atom is -0.448 e. The zero-order valence-electron chi connectivity index (χ0n) is 9.86. The molecule has 90 valence electrons. The lowest BCUT2D eigenvalue weighted by Gasteiger charge is -2.19. The van der Waals surface area contributed by atoms with Crippen LogP contribution in [0.2, 0.25) is 0 Å². The fraction of sp³-hybridized carbons (Fsp3) is 0.600. The van der Waals surface area contributed by atoms with Crippen LogP contribution in [0.5, 0.6) is 0 Å². The molecule has 16 heavy (non-hydrogen) atoms. The van der Waals surface area contributed by atoms with E-state index in [0.29, 0.717) is 12.4 Å². The molecule has 1 amide bonds. The van der Waals surface area contributed by atoms with Crippen molar-refractivity contribution in [2.45, 2.75) is 32.9 Å². The monoisotopic (exact) mass is 226 g/mol. The van der Waals surface area contributed by atoms with Crippen molar-refractivity contribution in [2.24, 2.45) is 0 Å². The number of alkyl carbamates (subject to hydrolysis) is 1. The summed E-state index contributed by atoms with van der Waals surface area (Å²) in [6.07, 6.45) is 1.31. The highest BCUT2D eigenvalue weighted by Crippen LogP contribution is 1.99. The molecule has 0 aromatic carbocycles. The van der Waals surface area contributed by atoms with Gasteiger partial charge in [0, 0.05) is 11.7 Å². The maximum atomic E-state index is 11.3. The summed E-state index contributed by atoms with van der Waals surface area (Å²) < 4.78 is 6.60. The number of anilines is 1. The van der Waals surface area contributed by atoms with E-state index in [9.17, 15) is 4.79 Å². The van der Waals surface area contributed by atoms with Gasteiger partial charge in [-0.3, -0.25) is 4.68 Å². The zero-order chi connectivity index (χ0) is 12.2.